The highest BCUT2D eigenvalue weighted by atomic mass is 32.1. The molecule has 0 saturated heterocycles. The molecule has 0 aliphatic carbocycles. The lowest BCUT2D eigenvalue weighted by molar-refractivity contribution is 0.590. The van der Waals surface area contributed by atoms with Crippen LogP contribution >= 0.6 is 12.2 Å². The lowest BCUT2D eigenvalue weighted by Gasteiger charge is -2.19. The Morgan fingerprint density at radius 3 is 1.80 bits per heavy atom. The van der Waals surface area contributed by atoms with Crippen molar-refractivity contribution in [2.75, 3.05) is 10.6 Å². The van der Waals surface area contributed by atoms with Gasteiger partial charge in [-0.2, -0.15) is 0 Å². The molecular weight excluding hydrogens is 264 g/mol. The first-order valence-corrected chi connectivity index (χ1v) is 7.09. The summed E-state index contributed by atoms with van der Waals surface area (Å²) in [5.74, 6) is 0. The van der Waals surface area contributed by atoms with E-state index in [1.165, 1.54) is 5.56 Å². The molecule has 3 heteroatoms. The average molecular weight is 284 g/mol. The Bertz CT molecular complexity index is 568. The first-order chi connectivity index (χ1) is 9.45. The molecule has 0 aliphatic rings. The molecular formula is C17H20N2S. The van der Waals surface area contributed by atoms with E-state index in [2.05, 4.69) is 55.7 Å². The largest absolute Gasteiger partial charge is 0.332 e. The summed E-state index contributed by atoms with van der Waals surface area (Å²) >= 11 is 5.30. The number of para-hydroxylation sites is 1. The van der Waals surface area contributed by atoms with E-state index >= 15 is 0 Å². The van der Waals surface area contributed by atoms with Gasteiger partial charge in [0, 0.05) is 11.4 Å². The fraction of sp³-hybridized carbons (Fsp3) is 0.235. The summed E-state index contributed by atoms with van der Waals surface area (Å²) < 4.78 is 0. The number of hydrogen-bond acceptors (Lipinski definition) is 1. The van der Waals surface area contributed by atoms with Crippen LogP contribution in [-0.4, -0.2) is 5.11 Å². The van der Waals surface area contributed by atoms with E-state index in [9.17, 15) is 0 Å². The summed E-state index contributed by atoms with van der Waals surface area (Å²) in [6.45, 7) is 6.62. The maximum Gasteiger partial charge on any atom is 0.175 e. The molecule has 0 unspecified atom stereocenters. The topological polar surface area (TPSA) is 24.1 Å². The Hall–Kier alpha value is -1.87. The SMILES string of the molecule is CC(C)(C)c1ccc(NC(=S)Nc2ccccc2)cc1. The Morgan fingerprint density at radius 2 is 1.30 bits per heavy atom. The van der Waals surface area contributed by atoms with Gasteiger partial charge in [0.05, 0.1) is 0 Å². The molecule has 0 saturated carbocycles. The maximum atomic E-state index is 5.30. The fourth-order valence-corrected chi connectivity index (χ4v) is 2.10. The van der Waals surface area contributed by atoms with E-state index in [0.29, 0.717) is 5.11 Å². The van der Waals surface area contributed by atoms with Crippen molar-refractivity contribution in [2.45, 2.75) is 26.2 Å². The third-order valence-corrected chi connectivity index (χ3v) is 3.24. The highest BCUT2D eigenvalue weighted by Crippen LogP contribution is 2.23. The highest BCUT2D eigenvalue weighted by Gasteiger charge is 2.12. The van der Waals surface area contributed by atoms with Gasteiger partial charge in [0.1, 0.15) is 0 Å². The summed E-state index contributed by atoms with van der Waals surface area (Å²) in [4.78, 5) is 0. The number of thiocarbonyl (C=S) groups is 1. The van der Waals surface area contributed by atoms with Gasteiger partial charge in [-0.1, -0.05) is 51.1 Å². The molecule has 2 rings (SSSR count). The number of benzene rings is 2. The molecule has 0 atom stereocenters. The Kier molecular flexibility index (Phi) is 4.40. The minimum atomic E-state index is 0.168. The van der Waals surface area contributed by atoms with E-state index < -0.39 is 0 Å². The first-order valence-electron chi connectivity index (χ1n) is 6.69. The quantitative estimate of drug-likeness (QED) is 0.775. The predicted octanol–water partition coefficient (Wildman–Crippen LogP) is 4.79. The zero-order valence-corrected chi connectivity index (χ0v) is 12.9. The van der Waals surface area contributed by atoms with Crippen molar-refractivity contribution in [2.24, 2.45) is 0 Å². The van der Waals surface area contributed by atoms with Gasteiger partial charge in [0.15, 0.2) is 5.11 Å². The number of nitrogens with one attached hydrogen (secondary N) is 2. The number of anilines is 2. The van der Waals surface area contributed by atoms with Crippen LogP contribution in [0.4, 0.5) is 11.4 Å². The van der Waals surface area contributed by atoms with Gasteiger partial charge in [-0.25, -0.2) is 0 Å². The second-order valence-electron chi connectivity index (χ2n) is 5.77. The van der Waals surface area contributed by atoms with Crippen LogP contribution in [0.15, 0.2) is 54.6 Å². The molecule has 0 spiro atoms. The molecule has 0 amide bonds. The van der Waals surface area contributed by atoms with Gasteiger partial charge < -0.3 is 10.6 Å². The van der Waals surface area contributed by atoms with Crippen molar-refractivity contribution in [1.29, 1.82) is 0 Å². The molecule has 0 aromatic heterocycles. The lowest BCUT2D eigenvalue weighted by atomic mass is 9.87. The second kappa shape index (κ2) is 6.06. The van der Waals surface area contributed by atoms with Crippen molar-refractivity contribution < 1.29 is 0 Å². The van der Waals surface area contributed by atoms with Gasteiger partial charge in [-0.05, 0) is 47.5 Å². The van der Waals surface area contributed by atoms with Crippen LogP contribution in [0.25, 0.3) is 0 Å². The molecule has 2 nitrogen and oxygen atoms in total. The van der Waals surface area contributed by atoms with Gasteiger partial charge >= 0.3 is 0 Å². The first kappa shape index (κ1) is 14.5. The molecule has 104 valence electrons. The van der Waals surface area contributed by atoms with Gasteiger partial charge in [-0.15, -0.1) is 0 Å². The van der Waals surface area contributed by atoms with Crippen molar-refractivity contribution in [3.8, 4) is 0 Å². The van der Waals surface area contributed by atoms with Crippen molar-refractivity contribution in [3.63, 3.8) is 0 Å². The van der Waals surface area contributed by atoms with Crippen LogP contribution in [-0.2, 0) is 5.41 Å². The van der Waals surface area contributed by atoms with Crippen molar-refractivity contribution in [3.05, 3.63) is 60.2 Å². The van der Waals surface area contributed by atoms with Crippen LogP contribution in [0.1, 0.15) is 26.3 Å². The zero-order valence-electron chi connectivity index (χ0n) is 12.1. The van der Waals surface area contributed by atoms with E-state index in [1.807, 2.05) is 30.3 Å². The molecule has 0 aliphatic heterocycles. The summed E-state index contributed by atoms with van der Waals surface area (Å²) in [6.07, 6.45) is 0. The second-order valence-corrected chi connectivity index (χ2v) is 6.18. The van der Waals surface area contributed by atoms with E-state index in [0.717, 1.165) is 11.4 Å². The zero-order chi connectivity index (χ0) is 14.6. The van der Waals surface area contributed by atoms with Crippen LogP contribution in [0.5, 0.6) is 0 Å². The van der Waals surface area contributed by atoms with Gasteiger partial charge in [-0.3, -0.25) is 0 Å². The van der Waals surface area contributed by atoms with Crippen LogP contribution in [0.2, 0.25) is 0 Å². The minimum absolute atomic E-state index is 0.168. The molecule has 2 aromatic carbocycles. The van der Waals surface area contributed by atoms with Gasteiger partial charge in [0.25, 0.3) is 0 Å². The average Bonchev–Trinajstić information content (AvgIpc) is 2.39. The Morgan fingerprint density at radius 1 is 0.800 bits per heavy atom. The predicted molar refractivity (Wildman–Crippen MR) is 91.4 cm³/mol. The van der Waals surface area contributed by atoms with Crippen LogP contribution in [0.3, 0.4) is 0 Å². The highest BCUT2D eigenvalue weighted by molar-refractivity contribution is 7.80. The third-order valence-electron chi connectivity index (χ3n) is 3.04. The smallest absolute Gasteiger partial charge is 0.175 e. The minimum Gasteiger partial charge on any atom is -0.332 e. The number of rotatable bonds is 2. The summed E-state index contributed by atoms with van der Waals surface area (Å²) in [5.41, 5.74) is 3.45. The van der Waals surface area contributed by atoms with E-state index in [1.54, 1.807) is 0 Å². The molecule has 0 radical (unpaired) electrons. The molecule has 0 bridgehead atoms. The number of hydrogen-bond donors (Lipinski definition) is 2. The van der Waals surface area contributed by atoms with Gasteiger partial charge in [0.2, 0.25) is 0 Å². The Balaban J connectivity index is 1.98. The van der Waals surface area contributed by atoms with Crippen molar-refractivity contribution >= 4 is 28.7 Å². The molecule has 20 heavy (non-hydrogen) atoms. The molecule has 2 aromatic rings. The monoisotopic (exact) mass is 284 g/mol. The van der Waals surface area contributed by atoms with Crippen LogP contribution in [0, 0.1) is 0 Å². The summed E-state index contributed by atoms with van der Waals surface area (Å²) in [5, 5.41) is 6.94. The standard InChI is InChI=1S/C17H20N2S/c1-17(2,3)13-9-11-15(12-10-13)19-16(20)18-14-7-5-4-6-8-14/h4-12H,1-3H3,(H2,18,19,20). The third kappa shape index (κ3) is 4.07. The maximum absolute atomic E-state index is 5.30. The normalized spacial score (nSPS) is 10.9. The molecule has 2 N–H and O–H groups in total. The summed E-state index contributed by atoms with van der Waals surface area (Å²) in [7, 11) is 0. The van der Waals surface area contributed by atoms with Crippen LogP contribution < -0.4 is 10.6 Å². The Labute approximate surface area is 126 Å². The molecule has 0 fully saturated rings. The van der Waals surface area contributed by atoms with E-state index in [-0.39, 0.29) is 5.41 Å². The van der Waals surface area contributed by atoms with E-state index in [4.69, 9.17) is 12.2 Å². The lowest BCUT2D eigenvalue weighted by Crippen LogP contribution is -2.19. The summed E-state index contributed by atoms with van der Waals surface area (Å²) in [6, 6.07) is 18.3. The fourth-order valence-electron chi connectivity index (χ4n) is 1.87. The molecule has 0 heterocycles. The van der Waals surface area contributed by atoms with Crippen molar-refractivity contribution in [1.82, 2.24) is 0 Å².